The number of aromatic nitrogens is 2. The van der Waals surface area contributed by atoms with E-state index in [0.717, 1.165) is 12.8 Å². The zero-order valence-electron chi connectivity index (χ0n) is 11.3. The lowest BCUT2D eigenvalue weighted by atomic mass is 9.96. The van der Waals surface area contributed by atoms with E-state index < -0.39 is 11.9 Å². The summed E-state index contributed by atoms with van der Waals surface area (Å²) < 4.78 is 7.14. The van der Waals surface area contributed by atoms with E-state index in [9.17, 15) is 14.7 Å². The van der Waals surface area contributed by atoms with Crippen LogP contribution in [0.5, 0.6) is 0 Å². The van der Waals surface area contributed by atoms with Gasteiger partial charge in [0.15, 0.2) is 0 Å². The van der Waals surface area contributed by atoms with Gasteiger partial charge in [-0.05, 0) is 25.7 Å². The summed E-state index contributed by atoms with van der Waals surface area (Å²) >= 11 is 0. The Kier molecular flexibility index (Phi) is 4.21. The van der Waals surface area contributed by atoms with E-state index in [-0.39, 0.29) is 24.2 Å². The maximum atomic E-state index is 11.8. The van der Waals surface area contributed by atoms with Crippen molar-refractivity contribution in [3.63, 3.8) is 0 Å². The first kappa shape index (κ1) is 14.0. The van der Waals surface area contributed by atoms with Gasteiger partial charge in [0.25, 0.3) is 5.56 Å². The highest BCUT2D eigenvalue weighted by atomic mass is 16.5. The number of aromatic amines is 1. The topological polar surface area (TPSA) is 84.3 Å². The number of aliphatic hydroxyl groups is 1. The standard InChI is InChI=1S/C13H20N2O4/c1-3-4-9-5-11(19-10(9)7-16)15-6-8(2)12(17)14-13(15)18/h6,9-11,16H,3-5,7H2,1-2H3,(H,14,17,18)/t9-,10+,11-/m0/s1. The monoisotopic (exact) mass is 268 g/mol. The Bertz CT molecular complexity index is 548. The number of rotatable bonds is 4. The highest BCUT2D eigenvalue weighted by Crippen LogP contribution is 2.35. The summed E-state index contributed by atoms with van der Waals surface area (Å²) in [6.07, 6.45) is 3.54. The molecule has 1 aliphatic heterocycles. The predicted octanol–water partition coefficient (Wildman–Crippen LogP) is 0.541. The molecule has 3 atom stereocenters. The molecule has 0 spiro atoms. The average molecular weight is 268 g/mol. The number of H-pyrrole nitrogens is 1. The van der Waals surface area contributed by atoms with E-state index >= 15 is 0 Å². The average Bonchev–Trinajstić information content (AvgIpc) is 2.77. The summed E-state index contributed by atoms with van der Waals surface area (Å²) in [7, 11) is 0. The van der Waals surface area contributed by atoms with Crippen LogP contribution in [0.25, 0.3) is 0 Å². The van der Waals surface area contributed by atoms with Crippen molar-refractivity contribution in [1.29, 1.82) is 0 Å². The number of hydrogen-bond acceptors (Lipinski definition) is 4. The molecule has 0 aromatic carbocycles. The summed E-state index contributed by atoms with van der Waals surface area (Å²) in [5, 5.41) is 9.33. The van der Waals surface area contributed by atoms with E-state index in [1.165, 1.54) is 10.8 Å². The van der Waals surface area contributed by atoms with Crippen molar-refractivity contribution in [2.75, 3.05) is 6.61 Å². The van der Waals surface area contributed by atoms with Gasteiger partial charge in [-0.3, -0.25) is 14.3 Å². The number of hydrogen-bond donors (Lipinski definition) is 2. The van der Waals surface area contributed by atoms with Crippen LogP contribution in [0.1, 0.15) is 38.0 Å². The SMILES string of the molecule is CCC[C@H]1C[C@@H](n2cc(C)c(=O)[nH]c2=O)O[C@@H]1CO. The van der Waals surface area contributed by atoms with Gasteiger partial charge in [-0.15, -0.1) is 0 Å². The number of nitrogens with one attached hydrogen (secondary N) is 1. The van der Waals surface area contributed by atoms with Gasteiger partial charge in [-0.25, -0.2) is 4.79 Å². The van der Waals surface area contributed by atoms with Crippen LogP contribution in [0.4, 0.5) is 0 Å². The lowest BCUT2D eigenvalue weighted by Gasteiger charge is -2.15. The first-order valence-corrected chi connectivity index (χ1v) is 6.65. The Labute approximate surface area is 111 Å². The van der Waals surface area contributed by atoms with Crippen LogP contribution in [0.15, 0.2) is 15.8 Å². The first-order valence-electron chi connectivity index (χ1n) is 6.65. The van der Waals surface area contributed by atoms with Crippen LogP contribution in [0.2, 0.25) is 0 Å². The lowest BCUT2D eigenvalue weighted by Crippen LogP contribution is -2.33. The second-order valence-corrected chi connectivity index (χ2v) is 5.07. The fraction of sp³-hybridized carbons (Fsp3) is 0.692. The Morgan fingerprint density at radius 1 is 1.53 bits per heavy atom. The Hall–Kier alpha value is -1.40. The van der Waals surface area contributed by atoms with E-state index in [4.69, 9.17) is 4.74 Å². The number of ether oxygens (including phenoxy) is 1. The van der Waals surface area contributed by atoms with Gasteiger partial charge in [-0.2, -0.15) is 0 Å². The zero-order valence-corrected chi connectivity index (χ0v) is 11.3. The molecule has 0 amide bonds. The molecule has 2 N–H and O–H groups in total. The highest BCUT2D eigenvalue weighted by Gasteiger charge is 2.35. The molecule has 1 aromatic rings. The second kappa shape index (κ2) is 5.71. The number of nitrogens with zero attached hydrogens (tertiary/aromatic N) is 1. The Morgan fingerprint density at radius 3 is 2.89 bits per heavy atom. The molecular formula is C13H20N2O4. The second-order valence-electron chi connectivity index (χ2n) is 5.07. The van der Waals surface area contributed by atoms with Gasteiger partial charge in [0.05, 0.1) is 12.7 Å². The largest absolute Gasteiger partial charge is 0.394 e. The minimum Gasteiger partial charge on any atom is -0.394 e. The van der Waals surface area contributed by atoms with Crippen molar-refractivity contribution in [1.82, 2.24) is 9.55 Å². The molecule has 106 valence electrons. The van der Waals surface area contributed by atoms with E-state index in [2.05, 4.69) is 11.9 Å². The molecule has 0 aliphatic carbocycles. The van der Waals surface area contributed by atoms with E-state index in [1.54, 1.807) is 6.92 Å². The summed E-state index contributed by atoms with van der Waals surface area (Å²) in [4.78, 5) is 25.4. The van der Waals surface area contributed by atoms with Gasteiger partial charge < -0.3 is 9.84 Å². The molecule has 0 unspecified atom stereocenters. The smallest absolute Gasteiger partial charge is 0.330 e. The molecule has 1 aliphatic rings. The molecule has 19 heavy (non-hydrogen) atoms. The van der Waals surface area contributed by atoms with Crippen molar-refractivity contribution in [3.05, 3.63) is 32.6 Å². The van der Waals surface area contributed by atoms with Gasteiger partial charge in [0, 0.05) is 11.8 Å². The van der Waals surface area contributed by atoms with E-state index in [1.807, 2.05) is 0 Å². The molecule has 2 heterocycles. The fourth-order valence-corrected chi connectivity index (χ4v) is 2.63. The third-order valence-corrected chi connectivity index (χ3v) is 3.66. The van der Waals surface area contributed by atoms with Crippen molar-refractivity contribution < 1.29 is 9.84 Å². The van der Waals surface area contributed by atoms with Crippen LogP contribution in [-0.4, -0.2) is 27.4 Å². The third-order valence-electron chi connectivity index (χ3n) is 3.66. The van der Waals surface area contributed by atoms with Crippen LogP contribution >= 0.6 is 0 Å². The zero-order chi connectivity index (χ0) is 14.0. The maximum Gasteiger partial charge on any atom is 0.330 e. The molecule has 0 bridgehead atoms. The normalized spacial score (nSPS) is 26.8. The molecule has 0 radical (unpaired) electrons. The third kappa shape index (κ3) is 2.79. The van der Waals surface area contributed by atoms with Gasteiger partial charge in [0.1, 0.15) is 6.23 Å². The summed E-state index contributed by atoms with van der Waals surface area (Å²) in [6.45, 7) is 3.69. The van der Waals surface area contributed by atoms with Gasteiger partial charge in [-0.1, -0.05) is 13.3 Å². The summed E-state index contributed by atoms with van der Waals surface area (Å²) in [5.41, 5.74) is -0.361. The number of aliphatic hydroxyl groups excluding tert-OH is 1. The van der Waals surface area contributed by atoms with Crippen LogP contribution < -0.4 is 11.2 Å². The molecule has 1 fully saturated rings. The number of aryl methyl sites for hydroxylation is 1. The Balaban J connectivity index is 2.27. The molecule has 2 rings (SSSR count). The fourth-order valence-electron chi connectivity index (χ4n) is 2.63. The minimum atomic E-state index is -0.463. The van der Waals surface area contributed by atoms with Gasteiger partial charge in [0.2, 0.25) is 0 Å². The predicted molar refractivity (Wildman–Crippen MR) is 70.1 cm³/mol. The van der Waals surface area contributed by atoms with E-state index in [0.29, 0.717) is 12.0 Å². The Morgan fingerprint density at radius 2 is 2.26 bits per heavy atom. The molecule has 1 aromatic heterocycles. The van der Waals surface area contributed by atoms with Crippen LogP contribution in [-0.2, 0) is 4.74 Å². The van der Waals surface area contributed by atoms with Crippen molar-refractivity contribution >= 4 is 0 Å². The maximum absolute atomic E-state index is 11.8. The van der Waals surface area contributed by atoms with Gasteiger partial charge >= 0.3 is 5.69 Å². The molecule has 1 saturated heterocycles. The van der Waals surface area contributed by atoms with Crippen molar-refractivity contribution in [3.8, 4) is 0 Å². The van der Waals surface area contributed by atoms with Crippen LogP contribution in [0.3, 0.4) is 0 Å². The highest BCUT2D eigenvalue weighted by molar-refractivity contribution is 5.01. The van der Waals surface area contributed by atoms with Crippen molar-refractivity contribution in [2.45, 2.75) is 45.4 Å². The summed E-state index contributed by atoms with van der Waals surface area (Å²) in [5.74, 6) is 0.249. The summed E-state index contributed by atoms with van der Waals surface area (Å²) in [6, 6.07) is 0. The molecule has 6 nitrogen and oxygen atoms in total. The quantitative estimate of drug-likeness (QED) is 0.834. The molecular weight excluding hydrogens is 248 g/mol. The minimum absolute atomic E-state index is 0.0434. The lowest BCUT2D eigenvalue weighted by molar-refractivity contribution is -0.0332. The van der Waals surface area contributed by atoms with Crippen molar-refractivity contribution in [2.24, 2.45) is 5.92 Å². The first-order chi connectivity index (χ1) is 9.06. The van der Waals surface area contributed by atoms with Crippen LogP contribution in [0, 0.1) is 12.8 Å². The molecule has 6 heteroatoms. The molecule has 0 saturated carbocycles.